The van der Waals surface area contributed by atoms with Crippen LogP contribution >= 0.6 is 0 Å². The summed E-state index contributed by atoms with van der Waals surface area (Å²) >= 11 is 0. The molecule has 0 aromatic carbocycles. The topological polar surface area (TPSA) is 124 Å². The molecule has 36 heavy (non-hydrogen) atoms. The van der Waals surface area contributed by atoms with E-state index in [0.717, 1.165) is 24.8 Å². The Kier molecular flexibility index (Phi) is 7.07. The smallest absolute Gasteiger partial charge is 0.302 e. The molecule has 0 heterocycles. The molecule has 0 unspecified atom stereocenters. The zero-order chi connectivity index (χ0) is 26.8. The van der Waals surface area contributed by atoms with E-state index in [9.17, 15) is 30.0 Å². The molecular formula is C29H46O7. The van der Waals surface area contributed by atoms with Gasteiger partial charge in [-0.2, -0.15) is 0 Å². The predicted molar refractivity (Wildman–Crippen MR) is 135 cm³/mol. The van der Waals surface area contributed by atoms with Gasteiger partial charge in [0.25, 0.3) is 0 Å². The lowest BCUT2D eigenvalue weighted by Gasteiger charge is -2.60. The number of rotatable bonds is 6. The largest absolute Gasteiger partial charge is 0.460 e. The Hall–Kier alpha value is -1.28. The quantitative estimate of drug-likeness (QED) is 0.408. The van der Waals surface area contributed by atoms with Crippen LogP contribution in [-0.4, -0.2) is 61.7 Å². The maximum Gasteiger partial charge on any atom is 0.302 e. The summed E-state index contributed by atoms with van der Waals surface area (Å²) in [5.74, 6) is -0.847. The van der Waals surface area contributed by atoms with Gasteiger partial charge >= 0.3 is 5.97 Å². The molecule has 7 nitrogen and oxygen atoms in total. The van der Waals surface area contributed by atoms with E-state index in [1.165, 1.54) is 6.92 Å². The van der Waals surface area contributed by atoms with Crippen molar-refractivity contribution >= 4 is 11.8 Å². The zero-order valence-electron chi connectivity index (χ0n) is 22.8. The molecular weight excluding hydrogens is 460 g/mol. The number of hydrogen-bond acceptors (Lipinski definition) is 7. The molecule has 0 aliphatic heterocycles. The van der Waals surface area contributed by atoms with Crippen LogP contribution in [0.4, 0.5) is 0 Å². The highest BCUT2D eigenvalue weighted by Gasteiger charge is 2.67. The molecule has 0 spiro atoms. The first-order valence-electron chi connectivity index (χ1n) is 13.8. The van der Waals surface area contributed by atoms with Gasteiger partial charge in [-0.25, -0.2) is 0 Å². The van der Waals surface area contributed by atoms with E-state index in [0.29, 0.717) is 25.7 Å². The van der Waals surface area contributed by atoms with Gasteiger partial charge in [0.1, 0.15) is 6.10 Å². The van der Waals surface area contributed by atoms with Gasteiger partial charge in [-0.15, -0.1) is 0 Å². The summed E-state index contributed by atoms with van der Waals surface area (Å²) in [6, 6.07) is 0. The normalized spacial score (nSPS) is 44.1. The molecule has 4 aliphatic rings. The summed E-state index contributed by atoms with van der Waals surface area (Å²) in [7, 11) is 0. The van der Waals surface area contributed by atoms with Gasteiger partial charge in [-0.3, -0.25) is 9.59 Å². The van der Waals surface area contributed by atoms with Crippen LogP contribution in [0.15, 0.2) is 11.6 Å². The Labute approximate surface area is 215 Å². The molecule has 204 valence electrons. The van der Waals surface area contributed by atoms with Gasteiger partial charge in [0.05, 0.1) is 23.4 Å². The van der Waals surface area contributed by atoms with Crippen LogP contribution in [0.25, 0.3) is 0 Å². The van der Waals surface area contributed by atoms with Crippen LogP contribution < -0.4 is 0 Å². The van der Waals surface area contributed by atoms with E-state index < -0.39 is 46.3 Å². The Bertz CT molecular complexity index is 921. The van der Waals surface area contributed by atoms with E-state index in [-0.39, 0.29) is 35.9 Å². The summed E-state index contributed by atoms with van der Waals surface area (Å²) in [6.07, 6.45) is 4.12. The number of ether oxygens (including phenoxy) is 1. The molecule has 0 aromatic rings. The lowest BCUT2D eigenvalue weighted by molar-refractivity contribution is -0.173. The molecule has 3 saturated carbocycles. The minimum atomic E-state index is -1.14. The van der Waals surface area contributed by atoms with Crippen molar-refractivity contribution in [3.8, 4) is 0 Å². The van der Waals surface area contributed by atoms with Gasteiger partial charge in [-0.1, -0.05) is 20.8 Å². The summed E-state index contributed by atoms with van der Waals surface area (Å²) in [6.45, 7) is 11.1. The van der Waals surface area contributed by atoms with E-state index >= 15 is 0 Å². The third kappa shape index (κ3) is 4.38. The Morgan fingerprint density at radius 1 is 1.22 bits per heavy atom. The zero-order valence-corrected chi connectivity index (χ0v) is 22.8. The first kappa shape index (κ1) is 27.7. The number of allylic oxidation sites excluding steroid dienone is 1. The third-order valence-corrected chi connectivity index (χ3v) is 10.8. The molecule has 4 N–H and O–H groups in total. The van der Waals surface area contributed by atoms with Crippen molar-refractivity contribution in [2.75, 3.05) is 0 Å². The van der Waals surface area contributed by atoms with E-state index in [1.807, 2.05) is 6.92 Å². The van der Waals surface area contributed by atoms with Crippen molar-refractivity contribution in [1.82, 2.24) is 0 Å². The van der Waals surface area contributed by atoms with Crippen molar-refractivity contribution < 1.29 is 34.8 Å². The molecule has 0 bridgehead atoms. The molecule has 3 fully saturated rings. The van der Waals surface area contributed by atoms with E-state index in [2.05, 4.69) is 13.8 Å². The number of fused-ring (bicyclic) bond motifs is 5. The lowest BCUT2D eigenvalue weighted by Crippen LogP contribution is -2.61. The number of carbonyl (C=O) groups excluding carboxylic acids is 2. The second-order valence-corrected chi connectivity index (χ2v) is 13.5. The van der Waals surface area contributed by atoms with Gasteiger partial charge in [0.2, 0.25) is 0 Å². The molecule has 0 radical (unpaired) electrons. The Balaban J connectivity index is 1.62. The summed E-state index contributed by atoms with van der Waals surface area (Å²) in [5, 5.41) is 44.1. The van der Waals surface area contributed by atoms with E-state index in [1.54, 1.807) is 19.9 Å². The van der Waals surface area contributed by atoms with Gasteiger partial charge in [0.15, 0.2) is 5.78 Å². The average Bonchev–Trinajstić information content (AvgIpc) is 3.04. The van der Waals surface area contributed by atoms with Crippen molar-refractivity contribution in [2.24, 2.45) is 34.5 Å². The van der Waals surface area contributed by atoms with Crippen LogP contribution in [0.3, 0.4) is 0 Å². The van der Waals surface area contributed by atoms with Crippen molar-refractivity contribution in [3.63, 3.8) is 0 Å². The van der Waals surface area contributed by atoms with Crippen LogP contribution in [0, 0.1) is 34.5 Å². The molecule has 4 aliphatic carbocycles. The van der Waals surface area contributed by atoms with E-state index in [4.69, 9.17) is 4.74 Å². The average molecular weight is 507 g/mol. The summed E-state index contributed by atoms with van der Waals surface area (Å²) < 4.78 is 5.46. The minimum absolute atomic E-state index is 0.0296. The molecule has 4 rings (SSSR count). The third-order valence-electron chi connectivity index (χ3n) is 10.8. The summed E-state index contributed by atoms with van der Waals surface area (Å²) in [5.41, 5.74) is -2.15. The fourth-order valence-corrected chi connectivity index (χ4v) is 8.60. The maximum absolute atomic E-state index is 13.4. The molecule has 10 atom stereocenters. The molecule has 0 saturated heterocycles. The highest BCUT2D eigenvalue weighted by atomic mass is 16.6. The molecule has 0 aromatic heterocycles. The first-order valence-corrected chi connectivity index (χ1v) is 13.8. The maximum atomic E-state index is 13.4. The van der Waals surface area contributed by atoms with Crippen molar-refractivity contribution in [2.45, 2.75) is 122 Å². The number of aliphatic hydroxyl groups excluding tert-OH is 2. The van der Waals surface area contributed by atoms with Crippen LogP contribution in [-0.2, 0) is 14.3 Å². The minimum Gasteiger partial charge on any atom is -0.460 e. The monoisotopic (exact) mass is 506 g/mol. The van der Waals surface area contributed by atoms with Crippen LogP contribution in [0.1, 0.15) is 92.9 Å². The van der Waals surface area contributed by atoms with Gasteiger partial charge in [-0.05, 0) is 100 Å². The Morgan fingerprint density at radius 2 is 1.89 bits per heavy atom. The number of carbonyl (C=O) groups is 2. The number of aliphatic hydroxyl groups is 4. The summed E-state index contributed by atoms with van der Waals surface area (Å²) in [4.78, 5) is 25.1. The standard InChI is InChI=1S/C29H46O7/c1-16(22(31)9-10-26(3,4)34)18-8-12-29(35)20-13-23(32)21-14-24(33)25(36-17(2)30)15-27(21,5)19(20)7-11-28(18,29)6/h13,16,18-19,21-22,24-25,31,33-35H,7-12,14-15H2,1-6H3/t16-,18+,19-,21-,22+,24+,25-,27+,28+,29+/m0/s1. The highest BCUT2D eigenvalue weighted by Crippen LogP contribution is 2.68. The van der Waals surface area contributed by atoms with Crippen molar-refractivity contribution in [3.05, 3.63) is 11.6 Å². The number of esters is 1. The lowest BCUT2D eigenvalue weighted by atomic mass is 9.45. The van der Waals surface area contributed by atoms with Gasteiger partial charge in [0, 0.05) is 18.3 Å². The SMILES string of the molecule is CC(=O)O[C@H]1C[C@@]2(C)[C@@H](C[C@H]1O)C(=O)C=C1[C@@H]2CC[C@]2(C)[C@@H]([C@H](C)[C@H](O)CCC(C)(C)O)CC[C@@]12O. The molecule has 7 heteroatoms. The van der Waals surface area contributed by atoms with Crippen LogP contribution in [0.5, 0.6) is 0 Å². The van der Waals surface area contributed by atoms with Crippen molar-refractivity contribution in [1.29, 1.82) is 0 Å². The first-order chi connectivity index (χ1) is 16.5. The second kappa shape index (κ2) is 9.18. The highest BCUT2D eigenvalue weighted by molar-refractivity contribution is 5.95. The van der Waals surface area contributed by atoms with Gasteiger partial charge < -0.3 is 25.2 Å². The number of hydrogen-bond donors (Lipinski definition) is 4. The number of ketones is 1. The predicted octanol–water partition coefficient (Wildman–Crippen LogP) is 3.31. The molecule has 0 amide bonds. The second-order valence-electron chi connectivity index (χ2n) is 13.5. The fourth-order valence-electron chi connectivity index (χ4n) is 8.60. The Morgan fingerprint density at radius 3 is 2.50 bits per heavy atom. The fraction of sp³-hybridized carbons (Fsp3) is 0.862. The van der Waals surface area contributed by atoms with Crippen LogP contribution in [0.2, 0.25) is 0 Å².